The average Bonchev–Trinajstić information content (AvgIpc) is 2.62. The first-order valence-corrected chi connectivity index (χ1v) is 8.91. The molecule has 1 amide bonds. The van der Waals surface area contributed by atoms with Crippen molar-refractivity contribution in [3.8, 4) is 11.5 Å². The Morgan fingerprint density at radius 3 is 2.38 bits per heavy atom. The minimum atomic E-state index is -2.45. The van der Waals surface area contributed by atoms with Crippen LogP contribution in [0.4, 0.5) is 20.2 Å². The number of hydrogen-bond donors (Lipinski definition) is 2. The predicted molar refractivity (Wildman–Crippen MR) is 97.4 cm³/mol. The van der Waals surface area contributed by atoms with Crippen LogP contribution in [-0.4, -0.2) is 30.9 Å². The van der Waals surface area contributed by atoms with Crippen LogP contribution in [0.25, 0.3) is 0 Å². The summed E-state index contributed by atoms with van der Waals surface area (Å²) in [6.45, 7) is 2.70. The summed E-state index contributed by atoms with van der Waals surface area (Å²) in [5.41, 5.74) is 1.28. The van der Waals surface area contributed by atoms with E-state index in [2.05, 4.69) is 10.6 Å². The SMILES string of the molecule is C[C@@H](Nc1ccc(SC(F)F)cc1)C(=O)Nc1ccc2c(c1)OCCO2. The van der Waals surface area contributed by atoms with Crippen molar-refractivity contribution >= 4 is 29.0 Å². The maximum Gasteiger partial charge on any atom is 0.288 e. The van der Waals surface area contributed by atoms with E-state index in [1.54, 1.807) is 49.4 Å². The van der Waals surface area contributed by atoms with Crippen LogP contribution in [0.3, 0.4) is 0 Å². The highest BCUT2D eigenvalue weighted by Crippen LogP contribution is 2.32. The van der Waals surface area contributed by atoms with Crippen molar-refractivity contribution in [2.45, 2.75) is 23.6 Å². The van der Waals surface area contributed by atoms with Crippen molar-refractivity contribution in [3.05, 3.63) is 42.5 Å². The Morgan fingerprint density at radius 2 is 1.69 bits per heavy atom. The number of thioether (sulfide) groups is 1. The maximum absolute atomic E-state index is 12.3. The van der Waals surface area contributed by atoms with Gasteiger partial charge in [0, 0.05) is 22.3 Å². The smallest absolute Gasteiger partial charge is 0.288 e. The largest absolute Gasteiger partial charge is 0.486 e. The van der Waals surface area contributed by atoms with Crippen LogP contribution in [0.15, 0.2) is 47.4 Å². The minimum absolute atomic E-state index is 0.229. The van der Waals surface area contributed by atoms with E-state index in [9.17, 15) is 13.6 Å². The van der Waals surface area contributed by atoms with Gasteiger partial charge in [-0.3, -0.25) is 4.79 Å². The number of rotatable bonds is 6. The van der Waals surface area contributed by atoms with E-state index in [0.29, 0.717) is 52.7 Å². The van der Waals surface area contributed by atoms with Gasteiger partial charge in [-0.05, 0) is 43.3 Å². The zero-order valence-corrected chi connectivity index (χ0v) is 14.8. The number of alkyl halides is 2. The van der Waals surface area contributed by atoms with Crippen LogP contribution >= 0.6 is 11.8 Å². The molecule has 0 aliphatic carbocycles. The Balaban J connectivity index is 1.57. The lowest BCUT2D eigenvalue weighted by Gasteiger charge is -2.20. The molecule has 1 heterocycles. The molecule has 1 aliphatic rings. The molecule has 26 heavy (non-hydrogen) atoms. The highest BCUT2D eigenvalue weighted by Gasteiger charge is 2.16. The Labute approximate surface area is 154 Å². The second-order valence-electron chi connectivity index (χ2n) is 5.62. The number of amides is 1. The summed E-state index contributed by atoms with van der Waals surface area (Å²) in [6.07, 6.45) is 0. The van der Waals surface area contributed by atoms with E-state index < -0.39 is 11.8 Å². The number of benzene rings is 2. The van der Waals surface area contributed by atoms with Crippen molar-refractivity contribution in [3.63, 3.8) is 0 Å². The molecule has 5 nitrogen and oxygen atoms in total. The van der Waals surface area contributed by atoms with Gasteiger partial charge in [-0.15, -0.1) is 0 Å². The van der Waals surface area contributed by atoms with Crippen molar-refractivity contribution < 1.29 is 23.0 Å². The lowest BCUT2D eigenvalue weighted by atomic mass is 10.2. The predicted octanol–water partition coefficient (Wildman–Crippen LogP) is 4.21. The monoisotopic (exact) mass is 380 g/mol. The van der Waals surface area contributed by atoms with Crippen molar-refractivity contribution in [2.24, 2.45) is 0 Å². The van der Waals surface area contributed by atoms with Crippen LogP contribution in [0.2, 0.25) is 0 Å². The minimum Gasteiger partial charge on any atom is -0.486 e. The van der Waals surface area contributed by atoms with Crippen LogP contribution in [0.5, 0.6) is 11.5 Å². The van der Waals surface area contributed by atoms with Crippen molar-refractivity contribution in [2.75, 3.05) is 23.8 Å². The quantitative estimate of drug-likeness (QED) is 0.735. The van der Waals surface area contributed by atoms with Gasteiger partial charge in [0.05, 0.1) is 0 Å². The van der Waals surface area contributed by atoms with Gasteiger partial charge in [0.15, 0.2) is 11.5 Å². The number of hydrogen-bond acceptors (Lipinski definition) is 5. The topological polar surface area (TPSA) is 59.6 Å². The normalized spacial score (nSPS) is 14.0. The molecule has 0 aromatic heterocycles. The number of halogens is 2. The van der Waals surface area contributed by atoms with Gasteiger partial charge in [0.1, 0.15) is 19.3 Å². The fourth-order valence-corrected chi connectivity index (χ4v) is 2.92. The van der Waals surface area contributed by atoms with Gasteiger partial charge in [-0.25, -0.2) is 0 Å². The molecule has 8 heteroatoms. The number of carbonyl (C=O) groups is 1. The third-order valence-corrected chi connectivity index (χ3v) is 4.39. The fourth-order valence-electron chi connectivity index (χ4n) is 2.42. The molecule has 138 valence electrons. The number of anilines is 2. The van der Waals surface area contributed by atoms with Crippen LogP contribution in [0, 0.1) is 0 Å². The molecular formula is C18H18F2N2O3S. The van der Waals surface area contributed by atoms with Gasteiger partial charge in [-0.2, -0.15) is 8.78 Å². The molecule has 2 N–H and O–H groups in total. The lowest BCUT2D eigenvalue weighted by Crippen LogP contribution is -2.31. The van der Waals surface area contributed by atoms with E-state index in [0.717, 1.165) is 0 Å². The van der Waals surface area contributed by atoms with Gasteiger partial charge in [-0.1, -0.05) is 11.8 Å². The van der Waals surface area contributed by atoms with E-state index in [1.165, 1.54) is 0 Å². The van der Waals surface area contributed by atoms with Crippen LogP contribution in [0.1, 0.15) is 6.92 Å². The van der Waals surface area contributed by atoms with Crippen molar-refractivity contribution in [1.82, 2.24) is 0 Å². The summed E-state index contributed by atoms with van der Waals surface area (Å²) in [5.74, 6) is -1.43. The van der Waals surface area contributed by atoms with E-state index in [-0.39, 0.29) is 5.91 Å². The van der Waals surface area contributed by atoms with E-state index in [4.69, 9.17) is 9.47 Å². The third kappa shape index (κ3) is 4.78. The molecule has 3 rings (SSSR count). The first kappa shape index (κ1) is 18.3. The standard InChI is InChI=1S/C18H18F2N2O3S/c1-11(21-12-2-5-14(6-3-12)26-18(19)20)17(23)22-13-4-7-15-16(10-13)25-9-8-24-15/h2-7,10-11,18,21H,8-9H2,1H3,(H,22,23)/t11-/m1/s1. The summed E-state index contributed by atoms with van der Waals surface area (Å²) < 4.78 is 35.6. The number of nitrogens with one attached hydrogen (secondary N) is 2. The van der Waals surface area contributed by atoms with E-state index in [1.807, 2.05) is 0 Å². The van der Waals surface area contributed by atoms with Gasteiger partial charge < -0.3 is 20.1 Å². The summed E-state index contributed by atoms with van der Waals surface area (Å²) >= 11 is 0.483. The second kappa shape index (κ2) is 8.27. The second-order valence-corrected chi connectivity index (χ2v) is 6.68. The molecule has 1 aliphatic heterocycles. The molecule has 0 bridgehead atoms. The number of fused-ring (bicyclic) bond motifs is 1. The highest BCUT2D eigenvalue weighted by atomic mass is 32.2. The first-order valence-electron chi connectivity index (χ1n) is 8.03. The molecule has 0 saturated heterocycles. The lowest BCUT2D eigenvalue weighted by molar-refractivity contribution is -0.116. The summed E-state index contributed by atoms with van der Waals surface area (Å²) in [4.78, 5) is 12.8. The van der Waals surface area contributed by atoms with Gasteiger partial charge in [0.25, 0.3) is 5.76 Å². The molecule has 2 aromatic carbocycles. The zero-order chi connectivity index (χ0) is 18.5. The van der Waals surface area contributed by atoms with Crippen molar-refractivity contribution in [1.29, 1.82) is 0 Å². The third-order valence-electron chi connectivity index (χ3n) is 3.67. The molecule has 0 fully saturated rings. The Kier molecular flexibility index (Phi) is 5.82. The van der Waals surface area contributed by atoms with Crippen LogP contribution < -0.4 is 20.1 Å². The molecule has 1 atom stereocenters. The first-order chi connectivity index (χ1) is 12.5. The summed E-state index contributed by atoms with van der Waals surface area (Å²) in [7, 11) is 0. The highest BCUT2D eigenvalue weighted by molar-refractivity contribution is 7.99. The molecule has 0 saturated carbocycles. The molecule has 0 unspecified atom stereocenters. The molecule has 0 radical (unpaired) electrons. The van der Waals surface area contributed by atoms with E-state index >= 15 is 0 Å². The Bertz CT molecular complexity index is 772. The Hall–Kier alpha value is -2.48. The number of carbonyl (C=O) groups excluding carboxylic acids is 1. The summed E-state index contributed by atoms with van der Waals surface area (Å²) in [6, 6.07) is 11.2. The summed E-state index contributed by atoms with van der Waals surface area (Å²) in [5, 5.41) is 5.85. The van der Waals surface area contributed by atoms with Gasteiger partial charge >= 0.3 is 0 Å². The molecular weight excluding hydrogens is 362 g/mol. The molecule has 2 aromatic rings. The van der Waals surface area contributed by atoms with Gasteiger partial charge in [0.2, 0.25) is 5.91 Å². The number of ether oxygens (including phenoxy) is 2. The maximum atomic E-state index is 12.3. The molecule has 0 spiro atoms. The zero-order valence-electron chi connectivity index (χ0n) is 14.0. The Morgan fingerprint density at radius 1 is 1.04 bits per heavy atom. The van der Waals surface area contributed by atoms with Crippen LogP contribution in [-0.2, 0) is 4.79 Å². The average molecular weight is 380 g/mol. The fraction of sp³-hybridized carbons (Fsp3) is 0.278.